The van der Waals surface area contributed by atoms with Crippen LogP contribution < -0.4 is 0 Å². The summed E-state index contributed by atoms with van der Waals surface area (Å²) in [6, 6.07) is 13.6. The second-order valence-corrected chi connectivity index (χ2v) is 6.53. The van der Waals surface area contributed by atoms with Crippen molar-refractivity contribution in [2.75, 3.05) is 20.2 Å². The van der Waals surface area contributed by atoms with Crippen molar-refractivity contribution in [3.05, 3.63) is 71.0 Å². The maximum Gasteiger partial charge on any atom is 0.227 e. The summed E-state index contributed by atoms with van der Waals surface area (Å²) in [4.78, 5) is 14.3. The van der Waals surface area contributed by atoms with Gasteiger partial charge in [0, 0.05) is 13.7 Å². The number of rotatable bonds is 5. The largest absolute Gasteiger partial charge is 0.383 e. The Morgan fingerprint density at radius 2 is 1.96 bits per heavy atom. The van der Waals surface area contributed by atoms with Gasteiger partial charge in [-0.15, -0.1) is 0 Å². The zero-order valence-electron chi connectivity index (χ0n) is 14.2. The Labute approximate surface area is 146 Å². The first-order chi connectivity index (χ1) is 12.0. The zero-order valence-corrected chi connectivity index (χ0v) is 14.2. The van der Waals surface area contributed by atoms with E-state index < -0.39 is 5.60 Å². The van der Waals surface area contributed by atoms with Gasteiger partial charge < -0.3 is 14.7 Å². The standard InChI is InChI=1S/C20H22FNO3/c1-25-13-16-4-2-3-15(11-16)12-19(23)22-10-9-20(24,14-22)17-5-7-18(21)8-6-17/h2-8,11,24H,9-10,12-14H2,1H3. The second-order valence-electron chi connectivity index (χ2n) is 6.53. The van der Waals surface area contributed by atoms with E-state index in [1.165, 1.54) is 12.1 Å². The molecule has 0 saturated carbocycles. The lowest BCUT2D eigenvalue weighted by molar-refractivity contribution is -0.130. The molecular formula is C20H22FNO3. The highest BCUT2D eigenvalue weighted by molar-refractivity contribution is 5.79. The van der Waals surface area contributed by atoms with E-state index in [0.717, 1.165) is 11.1 Å². The maximum absolute atomic E-state index is 13.1. The Morgan fingerprint density at radius 3 is 2.68 bits per heavy atom. The molecule has 0 bridgehead atoms. The minimum atomic E-state index is -1.11. The molecule has 1 aliphatic rings. The van der Waals surface area contributed by atoms with Gasteiger partial charge in [-0.3, -0.25) is 4.79 Å². The fraction of sp³-hybridized carbons (Fsp3) is 0.350. The topological polar surface area (TPSA) is 49.8 Å². The highest BCUT2D eigenvalue weighted by Crippen LogP contribution is 2.32. The number of hydrogen-bond acceptors (Lipinski definition) is 3. The smallest absolute Gasteiger partial charge is 0.227 e. The molecule has 1 saturated heterocycles. The van der Waals surface area contributed by atoms with Crippen molar-refractivity contribution in [2.45, 2.75) is 25.0 Å². The number of carbonyl (C=O) groups excluding carboxylic acids is 1. The summed E-state index contributed by atoms with van der Waals surface area (Å²) in [5, 5.41) is 10.8. The molecule has 1 amide bonds. The summed E-state index contributed by atoms with van der Waals surface area (Å²) in [6.45, 7) is 1.23. The number of nitrogens with zero attached hydrogens (tertiary/aromatic N) is 1. The molecule has 1 aliphatic heterocycles. The second kappa shape index (κ2) is 7.33. The first-order valence-corrected chi connectivity index (χ1v) is 8.33. The number of amides is 1. The normalized spacial score (nSPS) is 20.0. The third-order valence-electron chi connectivity index (χ3n) is 4.64. The SMILES string of the molecule is COCc1cccc(CC(=O)N2CCC(O)(c3ccc(F)cc3)C2)c1. The highest BCUT2D eigenvalue weighted by Gasteiger charge is 2.39. The molecule has 1 fully saturated rings. The molecule has 2 aromatic rings. The lowest BCUT2D eigenvalue weighted by Gasteiger charge is -2.24. The van der Waals surface area contributed by atoms with Crippen molar-refractivity contribution in [3.63, 3.8) is 0 Å². The van der Waals surface area contributed by atoms with E-state index in [2.05, 4.69) is 0 Å². The summed E-state index contributed by atoms with van der Waals surface area (Å²) in [7, 11) is 1.64. The first kappa shape index (κ1) is 17.6. The van der Waals surface area contributed by atoms with E-state index in [1.807, 2.05) is 24.3 Å². The monoisotopic (exact) mass is 343 g/mol. The average Bonchev–Trinajstić information content (AvgIpc) is 3.00. The van der Waals surface area contributed by atoms with Crippen LogP contribution in [0.5, 0.6) is 0 Å². The van der Waals surface area contributed by atoms with Gasteiger partial charge in [-0.2, -0.15) is 0 Å². The molecule has 1 N–H and O–H groups in total. The van der Waals surface area contributed by atoms with Gasteiger partial charge in [0.05, 0.1) is 19.6 Å². The van der Waals surface area contributed by atoms with Crippen molar-refractivity contribution in [1.82, 2.24) is 4.90 Å². The summed E-state index contributed by atoms with van der Waals surface area (Å²) in [6.07, 6.45) is 0.741. The van der Waals surface area contributed by atoms with Crippen molar-refractivity contribution in [3.8, 4) is 0 Å². The number of carbonyl (C=O) groups is 1. The molecule has 1 heterocycles. The summed E-state index contributed by atoms with van der Waals surface area (Å²) >= 11 is 0. The summed E-state index contributed by atoms with van der Waals surface area (Å²) in [5.41, 5.74) is 1.49. The van der Waals surface area contributed by atoms with Gasteiger partial charge in [0.15, 0.2) is 0 Å². The van der Waals surface area contributed by atoms with Crippen molar-refractivity contribution in [2.24, 2.45) is 0 Å². The van der Waals surface area contributed by atoms with Gasteiger partial charge in [0.2, 0.25) is 5.91 Å². The molecule has 5 heteroatoms. The molecule has 3 rings (SSSR count). The van der Waals surface area contributed by atoms with Gasteiger partial charge in [-0.1, -0.05) is 36.4 Å². The number of ether oxygens (including phenoxy) is 1. The van der Waals surface area contributed by atoms with Gasteiger partial charge in [-0.25, -0.2) is 4.39 Å². The van der Waals surface area contributed by atoms with E-state index in [1.54, 1.807) is 24.1 Å². The molecule has 4 nitrogen and oxygen atoms in total. The molecule has 25 heavy (non-hydrogen) atoms. The Hall–Kier alpha value is -2.24. The number of likely N-dealkylation sites (tertiary alicyclic amines) is 1. The quantitative estimate of drug-likeness (QED) is 0.908. The Morgan fingerprint density at radius 1 is 1.24 bits per heavy atom. The Balaban J connectivity index is 1.66. The fourth-order valence-corrected chi connectivity index (χ4v) is 3.28. The highest BCUT2D eigenvalue weighted by atomic mass is 19.1. The molecular weight excluding hydrogens is 321 g/mol. The van der Waals surface area contributed by atoms with Gasteiger partial charge in [-0.05, 0) is 35.2 Å². The van der Waals surface area contributed by atoms with Crippen LogP contribution in [0.2, 0.25) is 0 Å². The number of hydrogen-bond donors (Lipinski definition) is 1. The van der Waals surface area contributed by atoms with Crippen molar-refractivity contribution < 1.29 is 19.0 Å². The summed E-state index contributed by atoms with van der Waals surface area (Å²) in [5.74, 6) is -0.359. The molecule has 0 aliphatic carbocycles. The minimum absolute atomic E-state index is 0.0207. The van der Waals surface area contributed by atoms with Crippen LogP contribution in [0.15, 0.2) is 48.5 Å². The van der Waals surface area contributed by atoms with E-state index in [9.17, 15) is 14.3 Å². The zero-order chi connectivity index (χ0) is 17.9. The molecule has 2 aromatic carbocycles. The predicted octanol–water partition coefficient (Wildman–Crippen LogP) is 2.63. The van der Waals surface area contributed by atoms with Gasteiger partial charge in [0.1, 0.15) is 11.4 Å². The van der Waals surface area contributed by atoms with Crippen LogP contribution in [0.4, 0.5) is 4.39 Å². The van der Waals surface area contributed by atoms with E-state index in [0.29, 0.717) is 25.1 Å². The summed E-state index contributed by atoms with van der Waals surface area (Å²) < 4.78 is 18.2. The van der Waals surface area contributed by atoms with Gasteiger partial charge >= 0.3 is 0 Å². The van der Waals surface area contributed by atoms with Crippen molar-refractivity contribution >= 4 is 5.91 Å². The average molecular weight is 343 g/mol. The van der Waals surface area contributed by atoms with Crippen LogP contribution in [0, 0.1) is 5.82 Å². The predicted molar refractivity (Wildman–Crippen MR) is 92.4 cm³/mol. The van der Waals surface area contributed by atoms with Gasteiger partial charge in [0.25, 0.3) is 0 Å². The fourth-order valence-electron chi connectivity index (χ4n) is 3.28. The number of aliphatic hydroxyl groups is 1. The van der Waals surface area contributed by atoms with Crippen molar-refractivity contribution in [1.29, 1.82) is 0 Å². The van der Waals surface area contributed by atoms with Crippen LogP contribution in [0.1, 0.15) is 23.1 Å². The Kier molecular flexibility index (Phi) is 5.16. The number of halogens is 1. The third kappa shape index (κ3) is 4.06. The van der Waals surface area contributed by atoms with Crippen LogP contribution in [-0.2, 0) is 28.2 Å². The van der Waals surface area contributed by atoms with Crippen LogP contribution in [-0.4, -0.2) is 36.1 Å². The molecule has 0 radical (unpaired) electrons. The van der Waals surface area contributed by atoms with E-state index in [4.69, 9.17) is 4.74 Å². The lowest BCUT2D eigenvalue weighted by atomic mass is 9.93. The number of β-amino-alcohol motifs (C(OH)–C–C–N with tert-alkyl or cyclic N) is 1. The number of benzene rings is 2. The molecule has 1 atom stereocenters. The van der Waals surface area contributed by atoms with Crippen LogP contribution >= 0.6 is 0 Å². The lowest BCUT2D eigenvalue weighted by Crippen LogP contribution is -2.35. The van der Waals surface area contributed by atoms with E-state index in [-0.39, 0.29) is 24.7 Å². The van der Waals surface area contributed by atoms with E-state index >= 15 is 0 Å². The third-order valence-corrected chi connectivity index (χ3v) is 4.64. The minimum Gasteiger partial charge on any atom is -0.383 e. The first-order valence-electron chi connectivity index (χ1n) is 8.33. The number of methoxy groups -OCH3 is 1. The van der Waals surface area contributed by atoms with Crippen LogP contribution in [0.3, 0.4) is 0 Å². The molecule has 1 unspecified atom stereocenters. The molecule has 0 spiro atoms. The Bertz CT molecular complexity index is 747. The maximum atomic E-state index is 13.1. The molecule has 0 aromatic heterocycles. The molecule has 132 valence electrons. The van der Waals surface area contributed by atoms with Crippen LogP contribution in [0.25, 0.3) is 0 Å².